The molecule has 0 aromatic carbocycles. The van der Waals surface area contributed by atoms with Crippen LogP contribution in [0.1, 0.15) is 65.2 Å². The summed E-state index contributed by atoms with van der Waals surface area (Å²) in [6, 6.07) is 0. The van der Waals surface area contributed by atoms with Crippen molar-refractivity contribution in [2.45, 2.75) is 65.2 Å². The van der Waals surface area contributed by atoms with E-state index in [0.29, 0.717) is 13.2 Å². The maximum Gasteiger partial charge on any atom is 0.248 e. The summed E-state index contributed by atoms with van der Waals surface area (Å²) in [5.74, 6) is 0.117. The third-order valence-corrected chi connectivity index (χ3v) is 3.40. The highest BCUT2D eigenvalue weighted by atomic mass is 16.5. The van der Waals surface area contributed by atoms with Crippen LogP contribution in [0.25, 0.3) is 0 Å². The van der Waals surface area contributed by atoms with Gasteiger partial charge < -0.3 is 15.4 Å². The zero-order valence-electron chi connectivity index (χ0n) is 13.5. The Balaban J connectivity index is 3.98. The van der Waals surface area contributed by atoms with E-state index in [4.69, 9.17) is 10.5 Å². The number of carbonyl (C=O) groups is 1. The predicted octanol–water partition coefficient (Wildman–Crippen LogP) is 2.95. The molecule has 0 rings (SSSR count). The summed E-state index contributed by atoms with van der Waals surface area (Å²) in [7, 11) is 0. The highest BCUT2D eigenvalue weighted by molar-refractivity contribution is 5.77. The molecule has 2 N–H and O–H groups in total. The fraction of sp³-hybridized carbons (Fsp3) is 0.938. The number of rotatable bonds is 14. The van der Waals surface area contributed by atoms with Gasteiger partial charge in [0.25, 0.3) is 0 Å². The third kappa shape index (κ3) is 11.2. The molecule has 4 heteroatoms. The Morgan fingerprint density at radius 2 is 1.50 bits per heavy atom. The van der Waals surface area contributed by atoms with Crippen LogP contribution in [0.15, 0.2) is 0 Å². The fourth-order valence-electron chi connectivity index (χ4n) is 2.15. The topological polar surface area (TPSA) is 55.6 Å². The molecule has 0 bridgehead atoms. The molecule has 0 heterocycles. The molecule has 0 radical (unpaired) electrons. The average molecular weight is 286 g/mol. The van der Waals surface area contributed by atoms with E-state index < -0.39 is 0 Å². The van der Waals surface area contributed by atoms with E-state index in [9.17, 15) is 4.79 Å². The zero-order chi connectivity index (χ0) is 15.1. The Morgan fingerprint density at radius 3 is 1.95 bits per heavy atom. The Kier molecular flexibility index (Phi) is 14.3. The molecule has 0 atom stereocenters. The Labute approximate surface area is 125 Å². The number of carbonyl (C=O) groups excluding carboxylic acids is 1. The normalized spacial score (nSPS) is 10.8. The van der Waals surface area contributed by atoms with Gasteiger partial charge in [0.05, 0.1) is 6.61 Å². The average Bonchev–Trinajstić information content (AvgIpc) is 2.45. The molecule has 20 heavy (non-hydrogen) atoms. The number of amides is 1. The van der Waals surface area contributed by atoms with Crippen LogP contribution in [0.3, 0.4) is 0 Å². The number of hydrogen-bond acceptors (Lipinski definition) is 3. The lowest BCUT2D eigenvalue weighted by atomic mass is 10.1. The van der Waals surface area contributed by atoms with Crippen molar-refractivity contribution in [3.05, 3.63) is 0 Å². The second-order valence-electron chi connectivity index (χ2n) is 5.34. The summed E-state index contributed by atoms with van der Waals surface area (Å²) in [6.45, 7) is 7.26. The van der Waals surface area contributed by atoms with Gasteiger partial charge in [-0.2, -0.15) is 0 Å². The lowest BCUT2D eigenvalue weighted by molar-refractivity contribution is -0.136. The van der Waals surface area contributed by atoms with Crippen molar-refractivity contribution in [1.29, 1.82) is 0 Å². The summed E-state index contributed by atoms with van der Waals surface area (Å²) >= 11 is 0. The van der Waals surface area contributed by atoms with Crippen LogP contribution in [0.5, 0.6) is 0 Å². The minimum absolute atomic E-state index is 0.117. The van der Waals surface area contributed by atoms with Crippen molar-refractivity contribution in [2.75, 3.05) is 32.8 Å². The van der Waals surface area contributed by atoms with E-state index in [2.05, 4.69) is 13.8 Å². The van der Waals surface area contributed by atoms with E-state index >= 15 is 0 Å². The van der Waals surface area contributed by atoms with Crippen molar-refractivity contribution >= 4 is 5.91 Å². The molecule has 0 aliphatic heterocycles. The maximum absolute atomic E-state index is 12.1. The van der Waals surface area contributed by atoms with Crippen molar-refractivity contribution < 1.29 is 9.53 Å². The van der Waals surface area contributed by atoms with E-state index in [1.165, 1.54) is 38.5 Å². The molecule has 0 saturated carbocycles. The minimum atomic E-state index is 0.117. The van der Waals surface area contributed by atoms with Gasteiger partial charge in [-0.15, -0.1) is 0 Å². The summed E-state index contributed by atoms with van der Waals surface area (Å²) in [5, 5.41) is 0. The summed E-state index contributed by atoms with van der Waals surface area (Å²) in [6.07, 6.45) is 9.57. The van der Waals surface area contributed by atoms with E-state index in [0.717, 1.165) is 25.9 Å². The van der Waals surface area contributed by atoms with Gasteiger partial charge in [-0.1, -0.05) is 52.4 Å². The fourth-order valence-corrected chi connectivity index (χ4v) is 2.15. The molecule has 120 valence electrons. The molecule has 0 saturated heterocycles. The summed E-state index contributed by atoms with van der Waals surface area (Å²) < 4.78 is 5.26. The monoisotopic (exact) mass is 286 g/mol. The van der Waals surface area contributed by atoms with Gasteiger partial charge in [0.15, 0.2) is 0 Å². The highest BCUT2D eigenvalue weighted by Gasteiger charge is 2.12. The zero-order valence-corrected chi connectivity index (χ0v) is 13.5. The molecule has 0 aromatic rings. The van der Waals surface area contributed by atoms with Crippen LogP contribution in [-0.4, -0.2) is 43.7 Å². The van der Waals surface area contributed by atoms with Crippen LogP contribution < -0.4 is 5.73 Å². The van der Waals surface area contributed by atoms with Gasteiger partial charge in [0.1, 0.15) is 6.61 Å². The van der Waals surface area contributed by atoms with E-state index in [1.807, 2.05) is 4.90 Å². The van der Waals surface area contributed by atoms with Gasteiger partial charge in [-0.25, -0.2) is 0 Å². The Hall–Kier alpha value is -0.610. The number of nitrogens with zero attached hydrogens (tertiary/aromatic N) is 1. The lowest BCUT2D eigenvalue weighted by Crippen LogP contribution is -2.36. The van der Waals surface area contributed by atoms with Crippen molar-refractivity contribution in [3.63, 3.8) is 0 Å². The van der Waals surface area contributed by atoms with Crippen LogP contribution in [0, 0.1) is 0 Å². The lowest BCUT2D eigenvalue weighted by Gasteiger charge is -2.22. The highest BCUT2D eigenvalue weighted by Crippen LogP contribution is 2.06. The second kappa shape index (κ2) is 14.8. The third-order valence-electron chi connectivity index (χ3n) is 3.40. The van der Waals surface area contributed by atoms with Crippen LogP contribution in [0.4, 0.5) is 0 Å². The van der Waals surface area contributed by atoms with E-state index in [-0.39, 0.29) is 12.5 Å². The van der Waals surface area contributed by atoms with Crippen molar-refractivity contribution in [3.8, 4) is 0 Å². The quantitative estimate of drug-likeness (QED) is 0.499. The molecule has 0 unspecified atom stereocenters. The SMILES string of the molecule is CCCCCCN(CCCCCC)C(=O)COCCN. The molecule has 0 aliphatic carbocycles. The van der Waals surface area contributed by atoms with Crippen LogP contribution in [-0.2, 0) is 9.53 Å². The molecule has 0 aromatic heterocycles. The second-order valence-corrected chi connectivity index (χ2v) is 5.34. The van der Waals surface area contributed by atoms with Crippen LogP contribution in [0.2, 0.25) is 0 Å². The van der Waals surface area contributed by atoms with Gasteiger partial charge in [-0.3, -0.25) is 4.79 Å². The largest absolute Gasteiger partial charge is 0.370 e. The number of unbranched alkanes of at least 4 members (excludes halogenated alkanes) is 6. The Morgan fingerprint density at radius 1 is 0.950 bits per heavy atom. The molecule has 0 fully saturated rings. The number of ether oxygens (including phenoxy) is 1. The standard InChI is InChI=1S/C16H34N2O2/c1-3-5-7-9-12-18(13-10-8-6-4-2)16(19)15-20-14-11-17/h3-15,17H2,1-2H3. The maximum atomic E-state index is 12.1. The minimum Gasteiger partial charge on any atom is -0.370 e. The predicted molar refractivity (Wildman–Crippen MR) is 84.7 cm³/mol. The first-order chi connectivity index (χ1) is 9.76. The van der Waals surface area contributed by atoms with Gasteiger partial charge in [0, 0.05) is 19.6 Å². The van der Waals surface area contributed by atoms with Crippen molar-refractivity contribution in [1.82, 2.24) is 4.90 Å². The molecular weight excluding hydrogens is 252 g/mol. The smallest absolute Gasteiger partial charge is 0.248 e. The summed E-state index contributed by atoms with van der Waals surface area (Å²) in [4.78, 5) is 14.1. The van der Waals surface area contributed by atoms with E-state index in [1.54, 1.807) is 0 Å². The van der Waals surface area contributed by atoms with Crippen LogP contribution >= 0.6 is 0 Å². The van der Waals surface area contributed by atoms with Crippen molar-refractivity contribution in [2.24, 2.45) is 5.73 Å². The number of nitrogens with two attached hydrogens (primary N) is 1. The first-order valence-electron chi connectivity index (χ1n) is 8.31. The van der Waals surface area contributed by atoms with Gasteiger partial charge in [-0.05, 0) is 12.8 Å². The first kappa shape index (κ1) is 19.4. The molecule has 0 spiro atoms. The molecule has 4 nitrogen and oxygen atoms in total. The summed E-state index contributed by atoms with van der Waals surface area (Å²) in [5.41, 5.74) is 5.37. The molecule has 1 amide bonds. The number of hydrogen-bond donors (Lipinski definition) is 1. The Bertz CT molecular complexity index is 211. The van der Waals surface area contributed by atoms with Gasteiger partial charge in [0.2, 0.25) is 5.91 Å². The first-order valence-corrected chi connectivity index (χ1v) is 8.31. The van der Waals surface area contributed by atoms with Gasteiger partial charge >= 0.3 is 0 Å². The molecule has 0 aliphatic rings. The molecular formula is C16H34N2O2.